The number of unbranched alkanes of at least 4 members (excludes halogenated alkanes) is 2. The molecular formula is C23H29NO3. The fourth-order valence-electron chi connectivity index (χ4n) is 3.13. The lowest BCUT2D eigenvalue weighted by Crippen LogP contribution is -2.40. The van der Waals surface area contributed by atoms with Crippen molar-refractivity contribution >= 4 is 11.9 Å². The number of carbonyl (C=O) groups excluding carboxylic acids is 2. The Labute approximate surface area is 162 Å². The van der Waals surface area contributed by atoms with Crippen LogP contribution in [0.4, 0.5) is 0 Å². The van der Waals surface area contributed by atoms with E-state index in [4.69, 9.17) is 4.74 Å². The lowest BCUT2D eigenvalue weighted by molar-refractivity contribution is -0.149. The summed E-state index contributed by atoms with van der Waals surface area (Å²) in [7, 11) is 0. The van der Waals surface area contributed by atoms with Crippen molar-refractivity contribution in [2.75, 3.05) is 19.7 Å². The zero-order valence-electron chi connectivity index (χ0n) is 16.3. The molecule has 0 aliphatic rings. The minimum atomic E-state index is -0.427. The molecule has 0 saturated heterocycles. The van der Waals surface area contributed by atoms with Crippen molar-refractivity contribution in [3.8, 4) is 0 Å². The molecule has 4 heteroatoms. The first-order valence-electron chi connectivity index (χ1n) is 9.71. The molecule has 0 atom stereocenters. The van der Waals surface area contributed by atoms with E-state index in [1.54, 1.807) is 11.8 Å². The lowest BCUT2D eigenvalue weighted by atomic mass is 9.90. The predicted molar refractivity (Wildman–Crippen MR) is 107 cm³/mol. The second kappa shape index (κ2) is 11.2. The molecule has 0 saturated carbocycles. The van der Waals surface area contributed by atoms with Crippen molar-refractivity contribution in [2.45, 2.75) is 39.0 Å². The van der Waals surface area contributed by atoms with Gasteiger partial charge in [-0.1, -0.05) is 80.4 Å². The highest BCUT2D eigenvalue weighted by Gasteiger charge is 2.28. The Balaban J connectivity index is 2.31. The molecule has 1 amide bonds. The summed E-state index contributed by atoms with van der Waals surface area (Å²) in [5, 5.41) is 0. The lowest BCUT2D eigenvalue weighted by Gasteiger charge is -2.27. The van der Waals surface area contributed by atoms with E-state index < -0.39 is 5.92 Å². The minimum absolute atomic E-state index is 0.00739. The van der Waals surface area contributed by atoms with E-state index in [0.29, 0.717) is 13.2 Å². The van der Waals surface area contributed by atoms with Crippen LogP contribution in [0.25, 0.3) is 0 Å². The zero-order valence-corrected chi connectivity index (χ0v) is 16.3. The molecule has 0 heterocycles. The molecule has 0 unspecified atom stereocenters. The first-order valence-corrected chi connectivity index (χ1v) is 9.71. The Morgan fingerprint density at radius 1 is 0.889 bits per heavy atom. The van der Waals surface area contributed by atoms with E-state index in [1.807, 2.05) is 60.7 Å². The third kappa shape index (κ3) is 6.24. The number of esters is 1. The highest BCUT2D eigenvalue weighted by atomic mass is 16.5. The molecule has 2 aromatic carbocycles. The third-order valence-corrected chi connectivity index (χ3v) is 4.48. The number of amides is 1. The summed E-state index contributed by atoms with van der Waals surface area (Å²) in [5.41, 5.74) is 1.86. The molecule has 0 N–H and O–H groups in total. The van der Waals surface area contributed by atoms with E-state index in [1.165, 1.54) is 0 Å². The van der Waals surface area contributed by atoms with Crippen molar-refractivity contribution in [3.63, 3.8) is 0 Å². The van der Waals surface area contributed by atoms with E-state index in [0.717, 1.165) is 30.4 Å². The molecule has 2 rings (SSSR count). The molecule has 0 aliphatic carbocycles. The summed E-state index contributed by atoms with van der Waals surface area (Å²) in [4.78, 5) is 27.2. The Bertz CT molecular complexity index is 661. The number of carbonyl (C=O) groups is 2. The Morgan fingerprint density at radius 3 is 1.93 bits per heavy atom. The molecule has 144 valence electrons. The molecule has 2 aromatic rings. The maximum absolute atomic E-state index is 13.5. The van der Waals surface area contributed by atoms with Crippen molar-refractivity contribution in [1.29, 1.82) is 0 Å². The summed E-state index contributed by atoms with van der Waals surface area (Å²) in [6.07, 6.45) is 2.95. The molecule has 0 bridgehead atoms. The maximum atomic E-state index is 13.5. The zero-order chi connectivity index (χ0) is 19.5. The van der Waals surface area contributed by atoms with Gasteiger partial charge in [-0.3, -0.25) is 9.59 Å². The first-order chi connectivity index (χ1) is 13.2. The summed E-state index contributed by atoms with van der Waals surface area (Å²) in [6, 6.07) is 19.5. The van der Waals surface area contributed by atoms with Gasteiger partial charge in [0.25, 0.3) is 0 Å². The van der Waals surface area contributed by atoms with Gasteiger partial charge in [0.15, 0.2) is 0 Å². The van der Waals surface area contributed by atoms with Crippen LogP contribution < -0.4 is 0 Å². The average molecular weight is 367 g/mol. The van der Waals surface area contributed by atoms with Crippen molar-refractivity contribution in [3.05, 3.63) is 71.8 Å². The van der Waals surface area contributed by atoms with Crippen LogP contribution >= 0.6 is 0 Å². The monoisotopic (exact) mass is 367 g/mol. The number of ether oxygens (including phenoxy) is 1. The van der Waals surface area contributed by atoms with E-state index in [2.05, 4.69) is 6.92 Å². The minimum Gasteiger partial charge on any atom is -0.465 e. The quantitative estimate of drug-likeness (QED) is 0.462. The molecule has 0 aliphatic heterocycles. The number of rotatable bonds is 10. The second-order valence-corrected chi connectivity index (χ2v) is 6.53. The highest BCUT2D eigenvalue weighted by molar-refractivity contribution is 5.89. The molecule has 4 nitrogen and oxygen atoms in total. The number of benzene rings is 2. The van der Waals surface area contributed by atoms with Crippen LogP contribution in [-0.4, -0.2) is 36.5 Å². The molecule has 0 fully saturated rings. The molecule has 27 heavy (non-hydrogen) atoms. The average Bonchev–Trinajstić information content (AvgIpc) is 2.69. The fraction of sp³-hybridized carbons (Fsp3) is 0.391. The van der Waals surface area contributed by atoms with E-state index >= 15 is 0 Å². The first kappa shape index (κ1) is 20.7. The number of hydrogen-bond donors (Lipinski definition) is 0. The van der Waals surface area contributed by atoms with Gasteiger partial charge in [0.1, 0.15) is 6.54 Å². The summed E-state index contributed by atoms with van der Waals surface area (Å²) in [6.45, 7) is 4.76. The SMILES string of the molecule is CCCCCN(CC(=O)OCC)C(=O)C(c1ccccc1)c1ccccc1. The van der Waals surface area contributed by atoms with Gasteiger partial charge in [-0.05, 0) is 24.5 Å². The largest absolute Gasteiger partial charge is 0.465 e. The van der Waals surface area contributed by atoms with Gasteiger partial charge in [-0.2, -0.15) is 0 Å². The van der Waals surface area contributed by atoms with Gasteiger partial charge >= 0.3 is 5.97 Å². The van der Waals surface area contributed by atoms with Crippen molar-refractivity contribution < 1.29 is 14.3 Å². The van der Waals surface area contributed by atoms with Crippen LogP contribution in [0.1, 0.15) is 50.2 Å². The molecule has 0 radical (unpaired) electrons. The van der Waals surface area contributed by atoms with Gasteiger partial charge in [0.05, 0.1) is 12.5 Å². The van der Waals surface area contributed by atoms with Crippen LogP contribution in [0.15, 0.2) is 60.7 Å². The van der Waals surface area contributed by atoms with Crippen LogP contribution in [0.3, 0.4) is 0 Å². The normalized spacial score (nSPS) is 10.6. The van der Waals surface area contributed by atoms with Gasteiger partial charge in [0.2, 0.25) is 5.91 Å². The highest BCUT2D eigenvalue weighted by Crippen LogP contribution is 2.27. The van der Waals surface area contributed by atoms with Crippen LogP contribution in [0.5, 0.6) is 0 Å². The summed E-state index contributed by atoms with van der Waals surface area (Å²) >= 11 is 0. The maximum Gasteiger partial charge on any atom is 0.325 e. The number of nitrogens with zero attached hydrogens (tertiary/aromatic N) is 1. The van der Waals surface area contributed by atoms with Crippen LogP contribution in [0, 0.1) is 0 Å². The number of hydrogen-bond acceptors (Lipinski definition) is 3. The van der Waals surface area contributed by atoms with E-state index in [9.17, 15) is 9.59 Å². The van der Waals surface area contributed by atoms with Gasteiger partial charge in [-0.25, -0.2) is 0 Å². The van der Waals surface area contributed by atoms with Gasteiger partial charge in [-0.15, -0.1) is 0 Å². The topological polar surface area (TPSA) is 46.6 Å². The fourth-order valence-corrected chi connectivity index (χ4v) is 3.13. The second-order valence-electron chi connectivity index (χ2n) is 6.53. The Hall–Kier alpha value is -2.62. The summed E-state index contributed by atoms with van der Waals surface area (Å²) < 4.78 is 5.09. The summed E-state index contributed by atoms with van der Waals surface area (Å²) in [5.74, 6) is -0.845. The van der Waals surface area contributed by atoms with Crippen molar-refractivity contribution in [1.82, 2.24) is 4.90 Å². The van der Waals surface area contributed by atoms with Crippen LogP contribution in [-0.2, 0) is 14.3 Å². The van der Waals surface area contributed by atoms with Crippen LogP contribution in [0.2, 0.25) is 0 Å². The van der Waals surface area contributed by atoms with Gasteiger partial charge < -0.3 is 9.64 Å². The van der Waals surface area contributed by atoms with Crippen molar-refractivity contribution in [2.24, 2.45) is 0 Å². The predicted octanol–water partition coefficient (Wildman–Crippen LogP) is 4.40. The molecule has 0 aromatic heterocycles. The molecule has 0 spiro atoms. The van der Waals surface area contributed by atoms with E-state index in [-0.39, 0.29) is 18.4 Å². The van der Waals surface area contributed by atoms with Gasteiger partial charge in [0, 0.05) is 6.54 Å². The standard InChI is InChI=1S/C23H29NO3/c1-3-5-12-17-24(18-21(25)27-4-2)23(26)22(19-13-8-6-9-14-19)20-15-10-7-11-16-20/h6-11,13-16,22H,3-5,12,17-18H2,1-2H3. The molecular weight excluding hydrogens is 338 g/mol. The Morgan fingerprint density at radius 2 is 1.44 bits per heavy atom. The smallest absolute Gasteiger partial charge is 0.325 e. The Kier molecular flexibility index (Phi) is 8.56. The third-order valence-electron chi connectivity index (χ3n) is 4.48.